The molecule has 1 aromatic rings. The van der Waals surface area contributed by atoms with Crippen molar-refractivity contribution in [3.8, 4) is 0 Å². The molecule has 2 N–H and O–H groups in total. The first-order valence-corrected chi connectivity index (χ1v) is 8.15. The molecule has 0 radical (unpaired) electrons. The number of nitrogens with zero attached hydrogens (tertiary/aromatic N) is 3. The van der Waals surface area contributed by atoms with E-state index in [9.17, 15) is 9.59 Å². The van der Waals surface area contributed by atoms with Gasteiger partial charge >= 0.3 is 5.97 Å². The first kappa shape index (κ1) is 15.5. The highest BCUT2D eigenvalue weighted by atomic mass is 32.2. The number of rotatable bonds is 5. The molecule has 0 saturated carbocycles. The number of carbonyl (C=O) groups is 2. The van der Waals surface area contributed by atoms with Gasteiger partial charge in [-0.15, -0.1) is 5.10 Å². The number of thioether (sulfide) groups is 1. The Balaban J connectivity index is 1.57. The molecule has 0 aromatic heterocycles. The Morgan fingerprint density at radius 3 is 2.74 bits per heavy atom. The quantitative estimate of drug-likeness (QED) is 0.626. The van der Waals surface area contributed by atoms with Gasteiger partial charge in [-0.2, -0.15) is 5.10 Å². The minimum atomic E-state index is -1.01. The maximum atomic E-state index is 11.6. The lowest BCUT2D eigenvalue weighted by atomic mass is 10.1. The summed E-state index contributed by atoms with van der Waals surface area (Å²) in [5, 5.41) is 18.8. The second kappa shape index (κ2) is 6.82. The second-order valence-electron chi connectivity index (χ2n) is 5.28. The summed E-state index contributed by atoms with van der Waals surface area (Å²) < 4.78 is 0. The fourth-order valence-electron chi connectivity index (χ4n) is 2.24. The zero-order valence-corrected chi connectivity index (χ0v) is 13.1. The molecule has 2 aliphatic rings. The van der Waals surface area contributed by atoms with Gasteiger partial charge in [0.05, 0.1) is 12.6 Å². The van der Waals surface area contributed by atoms with E-state index in [4.69, 9.17) is 5.11 Å². The first-order valence-electron chi connectivity index (χ1n) is 7.27. The van der Waals surface area contributed by atoms with Crippen molar-refractivity contribution < 1.29 is 14.7 Å². The molecule has 120 valence electrons. The Bertz CT molecular complexity index is 668. The molecule has 7 nitrogen and oxygen atoms in total. The van der Waals surface area contributed by atoms with Crippen LogP contribution < -0.4 is 10.2 Å². The third kappa shape index (κ3) is 3.89. The molecule has 1 unspecified atom stereocenters. The Morgan fingerprint density at radius 2 is 2.13 bits per heavy atom. The largest absolute Gasteiger partial charge is 0.481 e. The number of amidine groups is 1. The number of carboxylic acids is 1. The van der Waals surface area contributed by atoms with E-state index in [0.717, 1.165) is 30.4 Å². The Hall–Kier alpha value is -2.35. The predicted octanol–water partition coefficient (Wildman–Crippen LogP) is 1.29. The average Bonchev–Trinajstić information content (AvgIpc) is 2.78. The van der Waals surface area contributed by atoms with E-state index in [-0.39, 0.29) is 12.3 Å². The molecular weight excluding hydrogens is 316 g/mol. The molecule has 2 fully saturated rings. The molecule has 0 aliphatic carbocycles. The van der Waals surface area contributed by atoms with Crippen LogP contribution in [-0.2, 0) is 9.59 Å². The Morgan fingerprint density at radius 1 is 1.39 bits per heavy atom. The van der Waals surface area contributed by atoms with E-state index in [2.05, 4.69) is 20.4 Å². The summed E-state index contributed by atoms with van der Waals surface area (Å²) in [7, 11) is 0. The summed E-state index contributed by atoms with van der Waals surface area (Å²) in [5.41, 5.74) is 2.12. The van der Waals surface area contributed by atoms with Crippen molar-refractivity contribution in [3.63, 3.8) is 0 Å². The molecule has 2 aliphatic heterocycles. The lowest BCUT2D eigenvalue weighted by molar-refractivity contribution is -0.138. The van der Waals surface area contributed by atoms with Crippen molar-refractivity contribution in [2.24, 2.45) is 10.2 Å². The third-order valence-corrected chi connectivity index (χ3v) is 4.68. The Kier molecular flexibility index (Phi) is 4.61. The first-order chi connectivity index (χ1) is 11.1. The molecule has 1 atom stereocenters. The van der Waals surface area contributed by atoms with Gasteiger partial charge < -0.3 is 15.3 Å². The normalized spacial score (nSPS) is 22.4. The summed E-state index contributed by atoms with van der Waals surface area (Å²) >= 11 is 1.09. The van der Waals surface area contributed by atoms with Crippen LogP contribution in [0.15, 0.2) is 34.5 Å². The molecule has 3 rings (SSSR count). The number of carboxylic acid groups (broad SMARTS) is 1. The number of hydrogen-bond acceptors (Lipinski definition) is 6. The smallest absolute Gasteiger partial charge is 0.305 e. The van der Waals surface area contributed by atoms with E-state index in [1.807, 2.05) is 24.3 Å². The van der Waals surface area contributed by atoms with Gasteiger partial charge in [0.15, 0.2) is 5.17 Å². The molecule has 23 heavy (non-hydrogen) atoms. The van der Waals surface area contributed by atoms with E-state index < -0.39 is 11.2 Å². The van der Waals surface area contributed by atoms with Gasteiger partial charge in [-0.3, -0.25) is 9.59 Å². The van der Waals surface area contributed by atoms with Crippen LogP contribution in [0.5, 0.6) is 0 Å². The number of carbonyl (C=O) groups excluding carboxylic acids is 1. The van der Waals surface area contributed by atoms with Gasteiger partial charge in [-0.25, -0.2) is 0 Å². The van der Waals surface area contributed by atoms with E-state index in [0.29, 0.717) is 5.17 Å². The minimum Gasteiger partial charge on any atom is -0.481 e. The summed E-state index contributed by atoms with van der Waals surface area (Å²) in [6.07, 6.45) is 2.62. The van der Waals surface area contributed by atoms with E-state index in [1.54, 1.807) is 6.21 Å². The minimum absolute atomic E-state index is 0.225. The Labute approximate surface area is 137 Å². The summed E-state index contributed by atoms with van der Waals surface area (Å²) in [5.74, 6) is -1.35. The monoisotopic (exact) mass is 332 g/mol. The number of nitrogens with one attached hydrogen (secondary N) is 1. The number of aliphatic carboxylic acids is 1. The lowest BCUT2D eigenvalue weighted by Crippen LogP contribution is -2.36. The van der Waals surface area contributed by atoms with Crippen LogP contribution in [0.2, 0.25) is 0 Å². The van der Waals surface area contributed by atoms with Crippen molar-refractivity contribution in [1.29, 1.82) is 0 Å². The van der Waals surface area contributed by atoms with Crippen LogP contribution in [0.3, 0.4) is 0 Å². The van der Waals surface area contributed by atoms with Crippen molar-refractivity contribution in [3.05, 3.63) is 29.8 Å². The van der Waals surface area contributed by atoms with Gasteiger partial charge in [-0.1, -0.05) is 23.9 Å². The van der Waals surface area contributed by atoms with Crippen LogP contribution in [0.25, 0.3) is 0 Å². The van der Waals surface area contributed by atoms with Crippen molar-refractivity contribution >= 4 is 40.7 Å². The van der Waals surface area contributed by atoms with Crippen molar-refractivity contribution in [1.82, 2.24) is 5.32 Å². The number of benzene rings is 1. The summed E-state index contributed by atoms with van der Waals surface area (Å²) in [6, 6.07) is 8.02. The van der Waals surface area contributed by atoms with Gasteiger partial charge in [0, 0.05) is 18.8 Å². The highest BCUT2D eigenvalue weighted by Crippen LogP contribution is 2.22. The fraction of sp³-hybridized carbons (Fsp3) is 0.333. The fourth-order valence-corrected chi connectivity index (χ4v) is 3.15. The lowest BCUT2D eigenvalue weighted by Gasteiger charge is -2.33. The molecule has 0 spiro atoms. The molecular formula is C15H16N4O3S. The van der Waals surface area contributed by atoms with Gasteiger partial charge in [0.1, 0.15) is 5.25 Å². The van der Waals surface area contributed by atoms with Crippen molar-refractivity contribution in [2.45, 2.75) is 18.1 Å². The highest BCUT2D eigenvalue weighted by Gasteiger charge is 2.32. The van der Waals surface area contributed by atoms with E-state index >= 15 is 0 Å². The predicted molar refractivity (Wildman–Crippen MR) is 90.1 cm³/mol. The molecule has 2 heterocycles. The number of hydrogen-bond donors (Lipinski definition) is 2. The van der Waals surface area contributed by atoms with Crippen molar-refractivity contribution in [2.75, 3.05) is 18.0 Å². The molecule has 1 amide bonds. The van der Waals surface area contributed by atoms with Crippen LogP contribution >= 0.6 is 11.8 Å². The topological polar surface area (TPSA) is 94.4 Å². The van der Waals surface area contributed by atoms with E-state index in [1.165, 1.54) is 12.1 Å². The van der Waals surface area contributed by atoms with Gasteiger partial charge in [0.25, 0.3) is 0 Å². The molecule has 8 heteroatoms. The number of anilines is 1. The maximum Gasteiger partial charge on any atom is 0.305 e. The molecule has 0 bridgehead atoms. The van der Waals surface area contributed by atoms with Gasteiger partial charge in [0.2, 0.25) is 5.91 Å². The zero-order valence-electron chi connectivity index (χ0n) is 12.3. The maximum absolute atomic E-state index is 11.6. The van der Waals surface area contributed by atoms with Crippen LogP contribution in [0.4, 0.5) is 5.69 Å². The van der Waals surface area contributed by atoms with Gasteiger partial charge in [-0.05, 0) is 24.1 Å². The summed E-state index contributed by atoms with van der Waals surface area (Å²) in [4.78, 5) is 24.5. The molecule has 1 aromatic carbocycles. The highest BCUT2D eigenvalue weighted by molar-refractivity contribution is 8.15. The standard InChI is InChI=1S/C15H16N4O3S/c20-13(21)8-12-14(22)17-15(23-12)18-16-9-10-2-4-11(5-3-10)19-6-1-7-19/h2-5,9,12H,1,6-8H2,(H,20,21)(H,17,18,22)/b16-9+. The summed E-state index contributed by atoms with van der Waals surface area (Å²) in [6.45, 7) is 2.21. The van der Waals surface area contributed by atoms with Crippen LogP contribution in [-0.4, -0.2) is 46.7 Å². The third-order valence-electron chi connectivity index (χ3n) is 3.61. The van der Waals surface area contributed by atoms with Crippen LogP contribution in [0.1, 0.15) is 18.4 Å². The second-order valence-corrected chi connectivity index (χ2v) is 6.47. The average molecular weight is 332 g/mol. The zero-order chi connectivity index (χ0) is 16.2. The molecule has 2 saturated heterocycles. The van der Waals surface area contributed by atoms with Crippen LogP contribution in [0, 0.1) is 0 Å². The number of amides is 1. The SMILES string of the molecule is O=C(O)CC1S/C(=N/N=C/c2ccc(N3CCC3)cc2)NC1=O.